The zero-order valence-corrected chi connectivity index (χ0v) is 11.6. The van der Waals surface area contributed by atoms with E-state index < -0.39 is 5.82 Å². The Balaban J connectivity index is 2.11. The minimum absolute atomic E-state index is 0.0285. The Morgan fingerprint density at radius 2 is 1.84 bits per heavy atom. The molecule has 0 unspecified atom stereocenters. The fraction of sp³-hybridized carbons (Fsp3) is 0.143. The van der Waals surface area contributed by atoms with Gasteiger partial charge in [-0.05, 0) is 45.8 Å². The van der Waals surface area contributed by atoms with Crippen LogP contribution in [0.1, 0.15) is 11.1 Å². The summed E-state index contributed by atoms with van der Waals surface area (Å²) in [7, 11) is 0. The number of halogens is 3. The highest BCUT2D eigenvalue weighted by molar-refractivity contribution is 9.10. The van der Waals surface area contributed by atoms with E-state index in [0.717, 1.165) is 5.56 Å². The lowest BCUT2D eigenvalue weighted by molar-refractivity contribution is 0.298. The van der Waals surface area contributed by atoms with Crippen LogP contribution in [0, 0.1) is 11.6 Å². The van der Waals surface area contributed by atoms with Gasteiger partial charge < -0.3 is 10.5 Å². The molecule has 0 saturated carbocycles. The van der Waals surface area contributed by atoms with E-state index in [2.05, 4.69) is 15.9 Å². The van der Waals surface area contributed by atoms with Crippen molar-refractivity contribution in [2.75, 3.05) is 0 Å². The lowest BCUT2D eigenvalue weighted by Gasteiger charge is -2.09. The Kier molecular flexibility index (Phi) is 4.50. The number of hydrogen-bond donors (Lipinski definition) is 1. The molecule has 0 atom stereocenters. The van der Waals surface area contributed by atoms with Crippen molar-refractivity contribution in [3.05, 3.63) is 63.6 Å². The summed E-state index contributed by atoms with van der Waals surface area (Å²) in [5, 5.41) is 0. The van der Waals surface area contributed by atoms with Gasteiger partial charge in [-0.15, -0.1) is 0 Å². The molecule has 0 heterocycles. The lowest BCUT2D eigenvalue weighted by Crippen LogP contribution is -2.02. The van der Waals surface area contributed by atoms with Gasteiger partial charge in [0.15, 0.2) is 0 Å². The highest BCUT2D eigenvalue weighted by atomic mass is 79.9. The summed E-state index contributed by atoms with van der Waals surface area (Å²) >= 11 is 3.05. The smallest absolute Gasteiger partial charge is 0.141 e. The molecule has 100 valence electrons. The van der Waals surface area contributed by atoms with Crippen LogP contribution in [-0.4, -0.2) is 0 Å². The molecule has 0 fully saturated rings. The minimum atomic E-state index is -0.423. The van der Waals surface area contributed by atoms with Gasteiger partial charge in [-0.3, -0.25) is 0 Å². The van der Waals surface area contributed by atoms with E-state index in [4.69, 9.17) is 10.5 Å². The summed E-state index contributed by atoms with van der Waals surface area (Å²) in [6.45, 7) is 0.362. The SMILES string of the molecule is NCc1ccc(F)c(COc2ccc(Br)c(F)c2)c1. The largest absolute Gasteiger partial charge is 0.489 e. The van der Waals surface area contributed by atoms with Crippen LogP contribution in [0.5, 0.6) is 5.75 Å². The summed E-state index contributed by atoms with van der Waals surface area (Å²) in [6.07, 6.45) is 0. The number of benzene rings is 2. The molecule has 0 aliphatic heterocycles. The van der Waals surface area contributed by atoms with Gasteiger partial charge in [0, 0.05) is 18.2 Å². The van der Waals surface area contributed by atoms with Crippen molar-refractivity contribution >= 4 is 15.9 Å². The van der Waals surface area contributed by atoms with E-state index in [1.165, 1.54) is 18.2 Å². The van der Waals surface area contributed by atoms with Crippen LogP contribution in [0.15, 0.2) is 40.9 Å². The fourth-order valence-electron chi connectivity index (χ4n) is 1.59. The van der Waals surface area contributed by atoms with Gasteiger partial charge in [-0.2, -0.15) is 0 Å². The Bertz CT molecular complexity index is 590. The van der Waals surface area contributed by atoms with Crippen molar-refractivity contribution in [2.45, 2.75) is 13.2 Å². The van der Waals surface area contributed by atoms with Crippen LogP contribution < -0.4 is 10.5 Å². The average molecular weight is 328 g/mol. The Labute approximate surface area is 118 Å². The van der Waals surface area contributed by atoms with E-state index in [1.807, 2.05) is 0 Å². The average Bonchev–Trinajstić information content (AvgIpc) is 2.41. The predicted molar refractivity (Wildman–Crippen MR) is 72.7 cm³/mol. The van der Waals surface area contributed by atoms with Crippen molar-refractivity contribution in [2.24, 2.45) is 5.73 Å². The van der Waals surface area contributed by atoms with Gasteiger partial charge >= 0.3 is 0 Å². The van der Waals surface area contributed by atoms with Gasteiger partial charge in [-0.1, -0.05) is 6.07 Å². The molecular formula is C14H12BrF2NO. The standard InChI is InChI=1S/C14H12BrF2NO/c15-12-3-2-11(6-14(12)17)19-8-10-5-9(7-18)1-4-13(10)16/h1-6H,7-8,18H2. The van der Waals surface area contributed by atoms with Gasteiger partial charge in [0.25, 0.3) is 0 Å². The van der Waals surface area contributed by atoms with Crippen molar-refractivity contribution in [3.63, 3.8) is 0 Å². The molecule has 0 aliphatic rings. The monoisotopic (exact) mass is 327 g/mol. The van der Waals surface area contributed by atoms with Crippen LogP contribution in [0.25, 0.3) is 0 Å². The van der Waals surface area contributed by atoms with Crippen molar-refractivity contribution in [1.29, 1.82) is 0 Å². The van der Waals surface area contributed by atoms with E-state index >= 15 is 0 Å². The van der Waals surface area contributed by atoms with E-state index in [9.17, 15) is 8.78 Å². The molecule has 0 aromatic heterocycles. The summed E-state index contributed by atoms with van der Waals surface area (Å²) in [6, 6.07) is 9.01. The Morgan fingerprint density at radius 1 is 1.05 bits per heavy atom. The highest BCUT2D eigenvalue weighted by Crippen LogP contribution is 2.22. The first-order valence-corrected chi connectivity index (χ1v) is 6.44. The van der Waals surface area contributed by atoms with Gasteiger partial charge in [-0.25, -0.2) is 8.78 Å². The van der Waals surface area contributed by atoms with Crippen LogP contribution in [0.2, 0.25) is 0 Å². The normalized spacial score (nSPS) is 10.5. The van der Waals surface area contributed by atoms with Crippen LogP contribution in [-0.2, 0) is 13.2 Å². The van der Waals surface area contributed by atoms with Gasteiger partial charge in [0.1, 0.15) is 24.0 Å². The molecule has 2 aromatic carbocycles. The molecule has 2 rings (SSSR count). The minimum Gasteiger partial charge on any atom is -0.489 e. The topological polar surface area (TPSA) is 35.2 Å². The van der Waals surface area contributed by atoms with Crippen molar-refractivity contribution in [1.82, 2.24) is 0 Å². The maximum absolute atomic E-state index is 13.5. The van der Waals surface area contributed by atoms with Crippen LogP contribution in [0.4, 0.5) is 8.78 Å². The first-order chi connectivity index (χ1) is 9.10. The summed E-state index contributed by atoms with van der Waals surface area (Å²) < 4.78 is 32.6. The number of rotatable bonds is 4. The van der Waals surface area contributed by atoms with Gasteiger partial charge in [0.2, 0.25) is 0 Å². The molecule has 0 aliphatic carbocycles. The Hall–Kier alpha value is -1.46. The second kappa shape index (κ2) is 6.12. The second-order valence-corrected chi connectivity index (χ2v) is 4.85. The molecular weight excluding hydrogens is 316 g/mol. The maximum Gasteiger partial charge on any atom is 0.141 e. The van der Waals surface area contributed by atoms with Crippen molar-refractivity contribution in [3.8, 4) is 5.75 Å². The molecule has 0 bridgehead atoms. The van der Waals surface area contributed by atoms with Crippen LogP contribution >= 0.6 is 15.9 Å². The van der Waals surface area contributed by atoms with E-state index in [0.29, 0.717) is 22.3 Å². The first-order valence-electron chi connectivity index (χ1n) is 5.65. The van der Waals surface area contributed by atoms with Gasteiger partial charge in [0.05, 0.1) is 4.47 Å². The molecule has 5 heteroatoms. The Morgan fingerprint density at radius 3 is 2.53 bits per heavy atom. The summed E-state index contributed by atoms with van der Waals surface area (Å²) in [4.78, 5) is 0. The number of nitrogens with two attached hydrogens (primary N) is 1. The zero-order chi connectivity index (χ0) is 13.8. The maximum atomic E-state index is 13.5. The molecule has 19 heavy (non-hydrogen) atoms. The summed E-state index contributed by atoms with van der Waals surface area (Å²) in [5.74, 6) is -0.443. The molecule has 0 amide bonds. The molecule has 2 N–H and O–H groups in total. The molecule has 0 spiro atoms. The molecule has 0 saturated heterocycles. The third-order valence-corrected chi connectivity index (χ3v) is 3.27. The fourth-order valence-corrected chi connectivity index (χ4v) is 1.84. The molecule has 2 nitrogen and oxygen atoms in total. The van der Waals surface area contributed by atoms with E-state index in [1.54, 1.807) is 18.2 Å². The zero-order valence-electron chi connectivity index (χ0n) is 10.00. The van der Waals surface area contributed by atoms with Crippen molar-refractivity contribution < 1.29 is 13.5 Å². The second-order valence-electron chi connectivity index (χ2n) is 3.99. The quantitative estimate of drug-likeness (QED) is 0.927. The number of ether oxygens (including phenoxy) is 1. The van der Waals surface area contributed by atoms with E-state index in [-0.39, 0.29) is 12.4 Å². The summed E-state index contributed by atoms with van der Waals surface area (Å²) in [5.41, 5.74) is 6.71. The molecule has 2 aromatic rings. The third kappa shape index (κ3) is 3.52. The highest BCUT2D eigenvalue weighted by Gasteiger charge is 2.06. The number of hydrogen-bond acceptors (Lipinski definition) is 2. The molecule has 0 radical (unpaired) electrons. The third-order valence-electron chi connectivity index (χ3n) is 2.63. The first kappa shape index (κ1) is 14.0. The lowest BCUT2D eigenvalue weighted by atomic mass is 10.1. The predicted octanol–water partition coefficient (Wildman–Crippen LogP) is 3.77. The van der Waals surface area contributed by atoms with Crippen LogP contribution in [0.3, 0.4) is 0 Å².